The summed E-state index contributed by atoms with van der Waals surface area (Å²) in [4.78, 5) is 34.5. The van der Waals surface area contributed by atoms with Crippen LogP contribution in [0.5, 0.6) is 0 Å². The molecule has 0 radical (unpaired) electrons. The van der Waals surface area contributed by atoms with Crippen LogP contribution in [0.1, 0.15) is 35.8 Å². The molecule has 0 unspecified atom stereocenters. The quantitative estimate of drug-likeness (QED) is 0.456. The molecule has 0 spiro atoms. The number of benzene rings is 2. The Morgan fingerprint density at radius 2 is 1.81 bits per heavy atom. The van der Waals surface area contributed by atoms with Gasteiger partial charge in [0.15, 0.2) is 6.10 Å². The molecule has 0 heterocycles. The molecule has 1 amide bonds. The lowest BCUT2D eigenvalue weighted by Gasteiger charge is -2.18. The van der Waals surface area contributed by atoms with Gasteiger partial charge in [0.2, 0.25) is 0 Å². The smallest absolute Gasteiger partial charge is 0.339 e. The zero-order chi connectivity index (χ0) is 20.1. The molecule has 0 aromatic heterocycles. The highest BCUT2D eigenvalue weighted by Gasteiger charge is 2.23. The highest BCUT2D eigenvalue weighted by atomic mass is 35.5. The number of hydrogen-bond acceptors (Lipinski definition) is 5. The standard InChI is InChI=1S/C18H16ClFN2O5/c1-10(12-3-6-14(20)7-4-12)21-17(23)11(2)27-18(24)13-5-8-15(19)16(9-13)22(25)26/h3-11H,1-2H3,(H,21,23)/t10-,11+/m0/s1. The number of carbonyl (C=O) groups excluding carboxylic acids is 2. The molecule has 7 nitrogen and oxygen atoms in total. The zero-order valence-corrected chi connectivity index (χ0v) is 15.2. The fourth-order valence-electron chi connectivity index (χ4n) is 2.23. The highest BCUT2D eigenvalue weighted by Crippen LogP contribution is 2.25. The molecule has 2 aromatic rings. The molecule has 2 rings (SSSR count). The minimum atomic E-state index is -1.14. The van der Waals surface area contributed by atoms with Gasteiger partial charge in [0, 0.05) is 6.07 Å². The predicted molar refractivity (Wildman–Crippen MR) is 95.9 cm³/mol. The number of esters is 1. The Bertz CT molecular complexity index is 873. The van der Waals surface area contributed by atoms with Crippen molar-refractivity contribution in [3.05, 3.63) is 74.5 Å². The van der Waals surface area contributed by atoms with Crippen LogP contribution < -0.4 is 5.32 Å². The first-order chi connectivity index (χ1) is 12.7. The third-order valence-corrected chi connectivity index (χ3v) is 4.08. The Hall–Kier alpha value is -3.00. The van der Waals surface area contributed by atoms with Crippen LogP contribution >= 0.6 is 11.6 Å². The second-order valence-corrected chi connectivity index (χ2v) is 6.16. The number of amides is 1. The van der Waals surface area contributed by atoms with Gasteiger partial charge in [-0.25, -0.2) is 9.18 Å². The monoisotopic (exact) mass is 394 g/mol. The van der Waals surface area contributed by atoms with Crippen molar-refractivity contribution in [1.29, 1.82) is 0 Å². The molecule has 0 fully saturated rings. The van der Waals surface area contributed by atoms with Crippen molar-refractivity contribution < 1.29 is 23.6 Å². The fraction of sp³-hybridized carbons (Fsp3) is 0.222. The van der Waals surface area contributed by atoms with Gasteiger partial charge in [-0.2, -0.15) is 0 Å². The van der Waals surface area contributed by atoms with Gasteiger partial charge in [-0.05, 0) is 43.7 Å². The van der Waals surface area contributed by atoms with Gasteiger partial charge in [0.05, 0.1) is 16.5 Å². The van der Waals surface area contributed by atoms with Crippen molar-refractivity contribution in [3.8, 4) is 0 Å². The Balaban J connectivity index is 2.01. The average Bonchev–Trinajstić information content (AvgIpc) is 2.62. The topological polar surface area (TPSA) is 98.5 Å². The van der Waals surface area contributed by atoms with E-state index in [1.54, 1.807) is 6.92 Å². The summed E-state index contributed by atoms with van der Waals surface area (Å²) < 4.78 is 18.0. The second-order valence-electron chi connectivity index (χ2n) is 5.75. The van der Waals surface area contributed by atoms with Gasteiger partial charge in [-0.3, -0.25) is 14.9 Å². The first kappa shape index (κ1) is 20.3. The van der Waals surface area contributed by atoms with E-state index in [2.05, 4.69) is 5.32 Å². The average molecular weight is 395 g/mol. The SMILES string of the molecule is C[C@H](NC(=O)[C@@H](C)OC(=O)c1ccc(Cl)c([N+](=O)[O-])c1)c1ccc(F)cc1. The molecule has 0 bridgehead atoms. The lowest BCUT2D eigenvalue weighted by Crippen LogP contribution is -2.37. The summed E-state index contributed by atoms with van der Waals surface area (Å²) in [5.41, 5.74) is 0.141. The highest BCUT2D eigenvalue weighted by molar-refractivity contribution is 6.32. The van der Waals surface area contributed by atoms with Crippen molar-refractivity contribution >= 4 is 29.2 Å². The molecule has 2 atom stereocenters. The van der Waals surface area contributed by atoms with E-state index in [1.807, 2.05) is 0 Å². The molecule has 9 heteroatoms. The maximum absolute atomic E-state index is 13.0. The fourth-order valence-corrected chi connectivity index (χ4v) is 2.41. The van der Waals surface area contributed by atoms with E-state index in [4.69, 9.17) is 16.3 Å². The Morgan fingerprint density at radius 1 is 1.19 bits per heavy atom. The van der Waals surface area contributed by atoms with Crippen molar-refractivity contribution in [2.24, 2.45) is 0 Å². The predicted octanol–water partition coefficient (Wildman–Crippen LogP) is 3.81. The summed E-state index contributed by atoms with van der Waals surface area (Å²) in [6, 6.07) is 8.63. The summed E-state index contributed by atoms with van der Waals surface area (Å²) in [6.45, 7) is 3.07. The van der Waals surface area contributed by atoms with Gasteiger partial charge in [0.1, 0.15) is 10.8 Å². The largest absolute Gasteiger partial charge is 0.449 e. The lowest BCUT2D eigenvalue weighted by molar-refractivity contribution is -0.384. The Kier molecular flexibility index (Phi) is 6.46. The summed E-state index contributed by atoms with van der Waals surface area (Å²) >= 11 is 5.70. The van der Waals surface area contributed by atoms with Crippen molar-refractivity contribution in [1.82, 2.24) is 5.32 Å². The van der Waals surface area contributed by atoms with E-state index in [-0.39, 0.29) is 10.6 Å². The van der Waals surface area contributed by atoms with Crippen LogP contribution in [0.4, 0.5) is 10.1 Å². The van der Waals surface area contributed by atoms with E-state index < -0.39 is 40.5 Å². The van der Waals surface area contributed by atoms with Gasteiger partial charge >= 0.3 is 5.97 Å². The van der Waals surface area contributed by atoms with Crippen LogP contribution in [0.15, 0.2) is 42.5 Å². The zero-order valence-electron chi connectivity index (χ0n) is 14.4. The minimum Gasteiger partial charge on any atom is -0.449 e. The molecule has 0 saturated carbocycles. The van der Waals surface area contributed by atoms with Gasteiger partial charge in [0.25, 0.3) is 11.6 Å². The maximum Gasteiger partial charge on any atom is 0.339 e. The van der Waals surface area contributed by atoms with Crippen LogP contribution in [0, 0.1) is 15.9 Å². The summed E-state index contributed by atoms with van der Waals surface area (Å²) in [5, 5.41) is 13.4. The molecule has 0 aliphatic rings. The summed E-state index contributed by atoms with van der Waals surface area (Å²) in [5.74, 6) is -1.85. The minimum absolute atomic E-state index is 0.0997. The number of hydrogen-bond donors (Lipinski definition) is 1. The van der Waals surface area contributed by atoms with Gasteiger partial charge in [-0.15, -0.1) is 0 Å². The number of nitro groups is 1. The van der Waals surface area contributed by atoms with Crippen LogP contribution in [0.25, 0.3) is 0 Å². The van der Waals surface area contributed by atoms with Gasteiger partial charge < -0.3 is 10.1 Å². The Morgan fingerprint density at radius 3 is 2.41 bits per heavy atom. The number of nitrogens with one attached hydrogen (secondary N) is 1. The maximum atomic E-state index is 13.0. The number of carbonyl (C=O) groups is 2. The molecule has 0 aliphatic carbocycles. The van der Waals surface area contributed by atoms with E-state index in [0.29, 0.717) is 5.56 Å². The first-order valence-corrected chi connectivity index (χ1v) is 8.27. The molecule has 1 N–H and O–H groups in total. The first-order valence-electron chi connectivity index (χ1n) is 7.89. The number of halogens is 2. The molecular weight excluding hydrogens is 379 g/mol. The number of ether oxygens (including phenoxy) is 1. The number of nitrogens with zero attached hydrogens (tertiary/aromatic N) is 1. The van der Waals surface area contributed by atoms with Crippen molar-refractivity contribution in [2.75, 3.05) is 0 Å². The lowest BCUT2D eigenvalue weighted by atomic mass is 10.1. The molecule has 0 saturated heterocycles. The molecule has 142 valence electrons. The van der Waals surface area contributed by atoms with Crippen LogP contribution in [-0.4, -0.2) is 22.9 Å². The molecule has 27 heavy (non-hydrogen) atoms. The third-order valence-electron chi connectivity index (χ3n) is 3.76. The van der Waals surface area contributed by atoms with E-state index in [0.717, 1.165) is 6.07 Å². The summed E-state index contributed by atoms with van der Waals surface area (Å²) in [6.07, 6.45) is -1.14. The van der Waals surface area contributed by atoms with E-state index in [9.17, 15) is 24.1 Å². The van der Waals surface area contributed by atoms with Gasteiger partial charge in [-0.1, -0.05) is 23.7 Å². The van der Waals surface area contributed by atoms with E-state index in [1.165, 1.54) is 43.3 Å². The van der Waals surface area contributed by atoms with Crippen molar-refractivity contribution in [2.45, 2.75) is 26.0 Å². The van der Waals surface area contributed by atoms with E-state index >= 15 is 0 Å². The third kappa shape index (κ3) is 5.24. The molecule has 2 aromatic carbocycles. The molecule has 0 aliphatic heterocycles. The summed E-state index contributed by atoms with van der Waals surface area (Å²) in [7, 11) is 0. The second kappa shape index (κ2) is 8.59. The van der Waals surface area contributed by atoms with Crippen molar-refractivity contribution in [3.63, 3.8) is 0 Å². The normalized spacial score (nSPS) is 12.7. The van der Waals surface area contributed by atoms with Crippen LogP contribution in [0.3, 0.4) is 0 Å². The van der Waals surface area contributed by atoms with Crippen LogP contribution in [0.2, 0.25) is 5.02 Å². The number of rotatable bonds is 6. The number of nitro benzene ring substituents is 1. The Labute approximate surface area is 159 Å². The molecular formula is C18H16ClFN2O5. The van der Waals surface area contributed by atoms with Crippen LogP contribution in [-0.2, 0) is 9.53 Å².